The van der Waals surface area contributed by atoms with Crippen LogP contribution in [-0.2, 0) is 6.42 Å². The molecule has 0 saturated carbocycles. The summed E-state index contributed by atoms with van der Waals surface area (Å²) < 4.78 is 0. The zero-order valence-corrected chi connectivity index (χ0v) is 13.5. The van der Waals surface area contributed by atoms with Crippen molar-refractivity contribution in [3.63, 3.8) is 0 Å². The zero-order chi connectivity index (χ0) is 15.5. The average molecular weight is 319 g/mol. The van der Waals surface area contributed by atoms with Crippen molar-refractivity contribution >= 4 is 22.2 Å². The third-order valence-electron chi connectivity index (χ3n) is 4.05. The van der Waals surface area contributed by atoms with Gasteiger partial charge in [-0.15, -0.1) is 11.3 Å². The van der Waals surface area contributed by atoms with Gasteiger partial charge in [0.25, 0.3) is 0 Å². The molecule has 0 radical (unpaired) electrons. The summed E-state index contributed by atoms with van der Waals surface area (Å²) in [4.78, 5) is 4.62. The zero-order valence-electron chi connectivity index (χ0n) is 12.7. The predicted molar refractivity (Wildman–Crippen MR) is 97.1 cm³/mol. The van der Waals surface area contributed by atoms with Gasteiger partial charge in [0.05, 0.1) is 11.4 Å². The van der Waals surface area contributed by atoms with Crippen LogP contribution in [0.1, 0.15) is 24.0 Å². The first kappa shape index (κ1) is 14.2. The molecule has 0 bridgehead atoms. The molecule has 2 aromatic carbocycles. The van der Waals surface area contributed by atoms with Crippen LogP contribution in [0.3, 0.4) is 0 Å². The maximum Gasteiger partial charge on any atom is 0.203 e. The quantitative estimate of drug-likeness (QED) is 0.693. The summed E-state index contributed by atoms with van der Waals surface area (Å²) in [7, 11) is 0. The van der Waals surface area contributed by atoms with Crippen molar-refractivity contribution in [2.75, 3.05) is 5.43 Å². The number of nitrogens with zero attached hydrogens (tertiary/aromatic N) is 2. The van der Waals surface area contributed by atoms with Crippen molar-refractivity contribution in [3.8, 4) is 11.3 Å². The van der Waals surface area contributed by atoms with Crippen molar-refractivity contribution in [3.05, 3.63) is 71.1 Å². The fourth-order valence-corrected chi connectivity index (χ4v) is 3.56. The number of hydrogen-bond acceptors (Lipinski definition) is 4. The maximum absolute atomic E-state index is 4.62. The summed E-state index contributed by atoms with van der Waals surface area (Å²) in [5.74, 6) is 0. The summed E-state index contributed by atoms with van der Waals surface area (Å²) in [5, 5.41) is 7.51. The minimum atomic E-state index is 0.833. The fraction of sp³-hybridized carbons (Fsp3) is 0.158. The van der Waals surface area contributed by atoms with E-state index in [1.54, 1.807) is 11.3 Å². The van der Waals surface area contributed by atoms with Crippen LogP contribution in [0.2, 0.25) is 0 Å². The van der Waals surface area contributed by atoms with Gasteiger partial charge in [-0.2, -0.15) is 5.10 Å². The number of thiazole rings is 1. The first-order valence-corrected chi connectivity index (χ1v) is 8.70. The van der Waals surface area contributed by atoms with Crippen LogP contribution in [0, 0.1) is 0 Å². The van der Waals surface area contributed by atoms with Crippen molar-refractivity contribution in [2.45, 2.75) is 19.3 Å². The van der Waals surface area contributed by atoms with Gasteiger partial charge in [0.2, 0.25) is 5.13 Å². The Labute approximate surface area is 139 Å². The van der Waals surface area contributed by atoms with Gasteiger partial charge in [-0.25, -0.2) is 4.98 Å². The number of hydrazone groups is 1. The van der Waals surface area contributed by atoms with E-state index in [0.717, 1.165) is 41.4 Å². The summed E-state index contributed by atoms with van der Waals surface area (Å²) >= 11 is 1.58. The molecule has 114 valence electrons. The molecule has 1 aromatic heterocycles. The Morgan fingerprint density at radius 2 is 1.78 bits per heavy atom. The highest BCUT2D eigenvalue weighted by Gasteiger charge is 2.14. The molecule has 23 heavy (non-hydrogen) atoms. The summed E-state index contributed by atoms with van der Waals surface area (Å²) in [6.45, 7) is 0. The molecular weight excluding hydrogens is 302 g/mol. The molecular formula is C19H17N3S. The molecule has 1 heterocycles. The van der Waals surface area contributed by atoms with Gasteiger partial charge in [-0.1, -0.05) is 54.6 Å². The van der Waals surface area contributed by atoms with Gasteiger partial charge in [-0.3, -0.25) is 5.43 Å². The molecule has 4 rings (SSSR count). The van der Waals surface area contributed by atoms with Crippen molar-refractivity contribution < 1.29 is 0 Å². The Morgan fingerprint density at radius 1 is 0.957 bits per heavy atom. The van der Waals surface area contributed by atoms with Crippen LogP contribution in [0.15, 0.2) is 65.1 Å². The number of aromatic nitrogens is 1. The summed E-state index contributed by atoms with van der Waals surface area (Å²) in [5.41, 5.74) is 9.05. The summed E-state index contributed by atoms with van der Waals surface area (Å²) in [6, 6.07) is 18.7. The van der Waals surface area contributed by atoms with E-state index in [9.17, 15) is 0 Å². The van der Waals surface area contributed by atoms with E-state index in [-0.39, 0.29) is 0 Å². The van der Waals surface area contributed by atoms with Gasteiger partial charge in [0.1, 0.15) is 0 Å². The van der Waals surface area contributed by atoms with Gasteiger partial charge in [0.15, 0.2) is 0 Å². The smallest absolute Gasteiger partial charge is 0.203 e. The molecule has 0 unspecified atom stereocenters. The third-order valence-corrected chi connectivity index (χ3v) is 4.80. The standard InChI is InChI=1S/C19H17N3S/c1-2-8-15(9-3-1)18-13-23-19(20-18)22-21-17-12-6-10-14-7-4-5-11-16(14)17/h1-5,7-9,11,13H,6,10,12H2,(H,20,22)/b21-17+. The number of fused-ring (bicyclic) bond motifs is 1. The fourth-order valence-electron chi connectivity index (χ4n) is 2.90. The first-order chi connectivity index (χ1) is 11.4. The Morgan fingerprint density at radius 3 is 2.70 bits per heavy atom. The minimum absolute atomic E-state index is 0.833. The number of rotatable bonds is 3. The SMILES string of the molecule is c1ccc(-c2csc(N/N=C3\CCCc4ccccc43)n2)cc1. The largest absolute Gasteiger partial charge is 0.252 e. The van der Waals surface area contributed by atoms with E-state index in [4.69, 9.17) is 0 Å². The first-order valence-electron chi connectivity index (χ1n) is 7.82. The maximum atomic E-state index is 4.62. The Kier molecular flexibility index (Phi) is 3.90. The Bertz CT molecular complexity index is 837. The van der Waals surface area contributed by atoms with Crippen LogP contribution in [0.5, 0.6) is 0 Å². The van der Waals surface area contributed by atoms with Crippen molar-refractivity contribution in [2.24, 2.45) is 5.10 Å². The molecule has 0 saturated heterocycles. The molecule has 0 amide bonds. The molecule has 0 fully saturated rings. The van der Waals surface area contributed by atoms with Crippen LogP contribution < -0.4 is 5.43 Å². The van der Waals surface area contributed by atoms with E-state index in [2.05, 4.69) is 57.3 Å². The van der Waals surface area contributed by atoms with E-state index >= 15 is 0 Å². The van der Waals surface area contributed by atoms with E-state index < -0.39 is 0 Å². The highest BCUT2D eigenvalue weighted by atomic mass is 32.1. The van der Waals surface area contributed by atoms with E-state index in [1.807, 2.05) is 18.2 Å². The molecule has 1 aliphatic carbocycles. The van der Waals surface area contributed by atoms with Crippen molar-refractivity contribution in [1.82, 2.24) is 4.98 Å². The van der Waals surface area contributed by atoms with Gasteiger partial charge in [0, 0.05) is 16.5 Å². The lowest BCUT2D eigenvalue weighted by atomic mass is 9.90. The monoisotopic (exact) mass is 319 g/mol. The number of benzene rings is 2. The lowest BCUT2D eigenvalue weighted by molar-refractivity contribution is 0.837. The molecule has 1 N–H and O–H groups in total. The van der Waals surface area contributed by atoms with Gasteiger partial charge < -0.3 is 0 Å². The molecule has 0 atom stereocenters. The number of nitrogens with one attached hydrogen (secondary N) is 1. The number of hydrogen-bond donors (Lipinski definition) is 1. The second-order valence-electron chi connectivity index (χ2n) is 5.58. The Hall–Kier alpha value is -2.46. The second kappa shape index (κ2) is 6.34. The van der Waals surface area contributed by atoms with Gasteiger partial charge in [-0.05, 0) is 24.8 Å². The highest BCUT2D eigenvalue weighted by Crippen LogP contribution is 2.26. The molecule has 0 aliphatic heterocycles. The van der Waals surface area contributed by atoms with Crippen LogP contribution in [0.25, 0.3) is 11.3 Å². The minimum Gasteiger partial charge on any atom is -0.252 e. The number of aryl methyl sites for hydroxylation is 1. The molecule has 0 spiro atoms. The molecule has 4 heteroatoms. The lowest BCUT2D eigenvalue weighted by Crippen LogP contribution is -2.13. The van der Waals surface area contributed by atoms with Crippen LogP contribution >= 0.6 is 11.3 Å². The normalized spacial score (nSPS) is 15.4. The predicted octanol–water partition coefficient (Wildman–Crippen LogP) is 4.96. The summed E-state index contributed by atoms with van der Waals surface area (Å²) in [6.07, 6.45) is 3.32. The topological polar surface area (TPSA) is 37.3 Å². The Balaban J connectivity index is 1.55. The second-order valence-corrected chi connectivity index (χ2v) is 6.44. The van der Waals surface area contributed by atoms with Gasteiger partial charge >= 0.3 is 0 Å². The molecule has 1 aliphatic rings. The molecule has 3 nitrogen and oxygen atoms in total. The number of anilines is 1. The van der Waals surface area contributed by atoms with Crippen LogP contribution in [0.4, 0.5) is 5.13 Å². The van der Waals surface area contributed by atoms with E-state index in [0.29, 0.717) is 0 Å². The lowest BCUT2D eigenvalue weighted by Gasteiger charge is -2.17. The third kappa shape index (κ3) is 3.03. The average Bonchev–Trinajstić information content (AvgIpc) is 3.10. The van der Waals surface area contributed by atoms with Crippen molar-refractivity contribution in [1.29, 1.82) is 0 Å². The van der Waals surface area contributed by atoms with Crippen LogP contribution in [-0.4, -0.2) is 10.7 Å². The van der Waals surface area contributed by atoms with E-state index in [1.165, 1.54) is 11.1 Å². The molecule has 3 aromatic rings. The highest BCUT2D eigenvalue weighted by molar-refractivity contribution is 7.14.